The van der Waals surface area contributed by atoms with E-state index in [-0.39, 0.29) is 17.9 Å². The molecule has 3 rings (SSSR count). The maximum Gasteiger partial charge on any atom is 0.258 e. The van der Waals surface area contributed by atoms with Crippen LogP contribution in [0, 0.1) is 6.92 Å². The van der Waals surface area contributed by atoms with Gasteiger partial charge in [-0.1, -0.05) is 36.4 Å². The summed E-state index contributed by atoms with van der Waals surface area (Å²) in [6, 6.07) is 15.5. The van der Waals surface area contributed by atoms with Crippen molar-refractivity contribution < 1.29 is 4.79 Å². The third kappa shape index (κ3) is 5.24. The van der Waals surface area contributed by atoms with Crippen molar-refractivity contribution in [2.75, 3.05) is 13.1 Å². The molecule has 2 aromatic heterocycles. The van der Waals surface area contributed by atoms with Crippen LogP contribution in [0.2, 0.25) is 0 Å². The van der Waals surface area contributed by atoms with Crippen LogP contribution in [0.4, 0.5) is 0 Å². The fourth-order valence-electron chi connectivity index (χ4n) is 3.04. The second-order valence-corrected chi connectivity index (χ2v) is 6.75. The molecule has 0 aliphatic rings. The Labute approximate surface area is 158 Å². The molecule has 0 atom stereocenters. The van der Waals surface area contributed by atoms with Crippen molar-refractivity contribution in [3.63, 3.8) is 0 Å². The molecule has 6 heteroatoms. The molecule has 1 aromatic carbocycles. The second kappa shape index (κ2) is 8.60. The summed E-state index contributed by atoms with van der Waals surface area (Å²) in [5.74, 6) is -0.332. The number of hydrogen-bond donors (Lipinski definition) is 1. The Balaban J connectivity index is 1.78. The number of rotatable bonds is 8. The highest BCUT2D eigenvalue weighted by atomic mass is 16.1. The summed E-state index contributed by atoms with van der Waals surface area (Å²) >= 11 is 0. The molecule has 3 aromatic rings. The van der Waals surface area contributed by atoms with E-state index >= 15 is 0 Å². The quantitative estimate of drug-likeness (QED) is 0.662. The molecule has 0 saturated carbocycles. The Morgan fingerprint density at radius 1 is 1.15 bits per heavy atom. The first-order chi connectivity index (χ1) is 13.0. The summed E-state index contributed by atoms with van der Waals surface area (Å²) in [6.07, 6.45) is 2.92. The highest BCUT2D eigenvalue weighted by molar-refractivity contribution is 5.73. The van der Waals surface area contributed by atoms with Crippen LogP contribution in [0.15, 0.2) is 59.5 Å². The van der Waals surface area contributed by atoms with E-state index in [4.69, 9.17) is 5.73 Å². The Kier molecular flexibility index (Phi) is 5.98. The van der Waals surface area contributed by atoms with E-state index in [0.29, 0.717) is 24.4 Å². The van der Waals surface area contributed by atoms with Gasteiger partial charge < -0.3 is 5.73 Å². The van der Waals surface area contributed by atoms with E-state index in [1.807, 2.05) is 37.3 Å². The monoisotopic (exact) mass is 364 g/mol. The number of aryl methyl sites for hydroxylation is 1. The topological polar surface area (TPSA) is 80.7 Å². The smallest absolute Gasteiger partial charge is 0.258 e. The van der Waals surface area contributed by atoms with Crippen molar-refractivity contribution in [1.82, 2.24) is 14.3 Å². The molecule has 0 bridgehead atoms. The fraction of sp³-hybridized carbons (Fsp3) is 0.286. The van der Waals surface area contributed by atoms with Crippen LogP contribution in [-0.4, -0.2) is 33.3 Å². The van der Waals surface area contributed by atoms with Crippen molar-refractivity contribution in [1.29, 1.82) is 0 Å². The molecule has 0 aliphatic carbocycles. The standard InChI is InChI=1S/C21H24N4O2/c1-16-7-8-20-23-18(13-21(27)25(20)14-16)15-24(12-10-19(22)26)11-9-17-5-3-2-4-6-17/h2-8,13-14H,9-12,15H2,1H3,(H2,22,26). The van der Waals surface area contributed by atoms with E-state index in [2.05, 4.69) is 22.0 Å². The zero-order chi connectivity index (χ0) is 19.2. The predicted octanol–water partition coefficient (Wildman–Crippen LogP) is 1.92. The van der Waals surface area contributed by atoms with Gasteiger partial charge in [0.05, 0.1) is 5.69 Å². The van der Waals surface area contributed by atoms with Gasteiger partial charge in [-0.05, 0) is 30.5 Å². The van der Waals surface area contributed by atoms with Gasteiger partial charge in [-0.25, -0.2) is 4.98 Å². The highest BCUT2D eigenvalue weighted by Crippen LogP contribution is 2.08. The summed E-state index contributed by atoms with van der Waals surface area (Å²) in [6.45, 7) is 3.73. The maximum absolute atomic E-state index is 12.4. The molecule has 0 spiro atoms. The molecule has 1 amide bonds. The number of amides is 1. The van der Waals surface area contributed by atoms with Crippen LogP contribution < -0.4 is 11.3 Å². The van der Waals surface area contributed by atoms with Gasteiger partial charge in [-0.2, -0.15) is 0 Å². The number of aromatic nitrogens is 2. The molecule has 0 unspecified atom stereocenters. The molecule has 6 nitrogen and oxygen atoms in total. The van der Waals surface area contributed by atoms with Crippen LogP contribution >= 0.6 is 0 Å². The minimum Gasteiger partial charge on any atom is -0.370 e. The molecule has 140 valence electrons. The first-order valence-electron chi connectivity index (χ1n) is 9.05. The summed E-state index contributed by atoms with van der Waals surface area (Å²) in [5.41, 5.74) is 8.77. The maximum atomic E-state index is 12.4. The van der Waals surface area contributed by atoms with Gasteiger partial charge in [0.25, 0.3) is 5.56 Å². The molecule has 27 heavy (non-hydrogen) atoms. The van der Waals surface area contributed by atoms with Crippen molar-refractivity contribution >= 4 is 11.6 Å². The summed E-state index contributed by atoms with van der Waals surface area (Å²) in [7, 11) is 0. The van der Waals surface area contributed by atoms with Gasteiger partial charge >= 0.3 is 0 Å². The molecule has 2 heterocycles. The molecule has 0 fully saturated rings. The molecule has 0 aliphatic heterocycles. The van der Waals surface area contributed by atoms with Crippen LogP contribution in [0.1, 0.15) is 23.2 Å². The molecular weight excluding hydrogens is 340 g/mol. The molecule has 0 radical (unpaired) electrons. The van der Waals surface area contributed by atoms with E-state index < -0.39 is 0 Å². The average molecular weight is 364 g/mol. The van der Waals surface area contributed by atoms with E-state index in [1.54, 1.807) is 16.7 Å². The van der Waals surface area contributed by atoms with Crippen molar-refractivity contribution in [3.8, 4) is 0 Å². The van der Waals surface area contributed by atoms with E-state index in [1.165, 1.54) is 5.56 Å². The molecule has 0 saturated heterocycles. The van der Waals surface area contributed by atoms with E-state index in [9.17, 15) is 9.59 Å². The molecule has 2 N–H and O–H groups in total. The van der Waals surface area contributed by atoms with Gasteiger partial charge in [0, 0.05) is 38.3 Å². The second-order valence-electron chi connectivity index (χ2n) is 6.75. The summed E-state index contributed by atoms with van der Waals surface area (Å²) in [5, 5.41) is 0. The Hall–Kier alpha value is -2.99. The van der Waals surface area contributed by atoms with Gasteiger partial charge in [0.15, 0.2) is 0 Å². The number of hydrogen-bond acceptors (Lipinski definition) is 4. The number of benzene rings is 1. The zero-order valence-corrected chi connectivity index (χ0v) is 15.5. The number of primary amides is 1. The predicted molar refractivity (Wildman–Crippen MR) is 105 cm³/mol. The van der Waals surface area contributed by atoms with Crippen molar-refractivity contribution in [3.05, 3.63) is 81.9 Å². The minimum atomic E-state index is -0.332. The van der Waals surface area contributed by atoms with Gasteiger partial charge in [0.1, 0.15) is 5.65 Å². The van der Waals surface area contributed by atoms with Gasteiger partial charge in [0.2, 0.25) is 5.91 Å². The lowest BCUT2D eigenvalue weighted by Crippen LogP contribution is -2.31. The number of carbonyl (C=O) groups excluding carboxylic acids is 1. The van der Waals surface area contributed by atoms with Gasteiger partial charge in [-0.15, -0.1) is 0 Å². The molecular formula is C21H24N4O2. The first-order valence-corrected chi connectivity index (χ1v) is 9.05. The number of carbonyl (C=O) groups is 1. The lowest BCUT2D eigenvalue weighted by molar-refractivity contribution is -0.118. The minimum absolute atomic E-state index is 0.100. The number of nitrogens with two attached hydrogens (primary N) is 1. The Morgan fingerprint density at radius 3 is 2.67 bits per heavy atom. The van der Waals surface area contributed by atoms with Gasteiger partial charge in [-0.3, -0.25) is 18.9 Å². The lowest BCUT2D eigenvalue weighted by atomic mass is 10.1. The fourth-order valence-corrected chi connectivity index (χ4v) is 3.04. The van der Waals surface area contributed by atoms with Crippen molar-refractivity contribution in [2.24, 2.45) is 5.73 Å². The Morgan fingerprint density at radius 2 is 1.93 bits per heavy atom. The SMILES string of the molecule is Cc1ccc2nc(CN(CCC(N)=O)CCc3ccccc3)cc(=O)n2c1. The van der Waals surface area contributed by atoms with Crippen LogP contribution in [0.5, 0.6) is 0 Å². The van der Waals surface area contributed by atoms with Crippen LogP contribution in [0.3, 0.4) is 0 Å². The summed E-state index contributed by atoms with van der Waals surface area (Å²) < 4.78 is 1.55. The largest absolute Gasteiger partial charge is 0.370 e. The lowest BCUT2D eigenvalue weighted by Gasteiger charge is -2.21. The van der Waals surface area contributed by atoms with Crippen LogP contribution in [0.25, 0.3) is 5.65 Å². The number of fused-ring (bicyclic) bond motifs is 1. The van der Waals surface area contributed by atoms with Crippen LogP contribution in [-0.2, 0) is 17.8 Å². The highest BCUT2D eigenvalue weighted by Gasteiger charge is 2.11. The van der Waals surface area contributed by atoms with E-state index in [0.717, 1.165) is 18.5 Å². The third-order valence-corrected chi connectivity index (χ3v) is 4.48. The third-order valence-electron chi connectivity index (χ3n) is 4.48. The van der Waals surface area contributed by atoms with Crippen molar-refractivity contribution in [2.45, 2.75) is 26.3 Å². The average Bonchev–Trinajstić information content (AvgIpc) is 2.65. The first kappa shape index (κ1) is 18.8. The zero-order valence-electron chi connectivity index (χ0n) is 15.5. The normalized spacial score (nSPS) is 11.2. The Bertz CT molecular complexity index is 982. The number of nitrogens with zero attached hydrogens (tertiary/aromatic N) is 3. The summed E-state index contributed by atoms with van der Waals surface area (Å²) in [4.78, 5) is 30.3. The number of pyridine rings is 1.